The number of hydrogen-bond donors (Lipinski definition) is 1. The van der Waals surface area contributed by atoms with Crippen LogP contribution in [0.4, 0.5) is 0 Å². The second kappa shape index (κ2) is 4.27. The maximum absolute atomic E-state index is 12.1. The Morgan fingerprint density at radius 1 is 1.35 bits per heavy atom. The zero-order valence-corrected chi connectivity index (χ0v) is 10.8. The maximum Gasteiger partial charge on any atom is 0.315 e. The van der Waals surface area contributed by atoms with Gasteiger partial charge >= 0.3 is 5.97 Å². The molecule has 3 rings (SSSR count). The van der Waals surface area contributed by atoms with Gasteiger partial charge in [0.1, 0.15) is 12.0 Å². The summed E-state index contributed by atoms with van der Waals surface area (Å²) in [6.07, 6.45) is 9.06. The van der Waals surface area contributed by atoms with Crippen LogP contribution in [0.1, 0.15) is 51.9 Å². The van der Waals surface area contributed by atoms with E-state index >= 15 is 0 Å². The Balaban J connectivity index is 1.81. The Morgan fingerprint density at radius 3 is 2.82 bits per heavy atom. The van der Waals surface area contributed by atoms with Crippen LogP contribution < -0.4 is 4.90 Å². The summed E-state index contributed by atoms with van der Waals surface area (Å²) in [6, 6.07) is 0.576. The Labute approximate surface area is 104 Å². The summed E-state index contributed by atoms with van der Waals surface area (Å²) >= 11 is 0. The van der Waals surface area contributed by atoms with Crippen LogP contribution in [0, 0.1) is 5.92 Å². The van der Waals surface area contributed by atoms with Crippen molar-refractivity contribution in [3.8, 4) is 0 Å². The third-order valence-electron chi connectivity index (χ3n) is 5.34. The fourth-order valence-corrected chi connectivity index (χ4v) is 4.74. The first kappa shape index (κ1) is 11.5. The predicted octanol–water partition coefficient (Wildman–Crippen LogP) is 0.930. The monoisotopic (exact) mass is 238 g/mol. The van der Waals surface area contributed by atoms with E-state index in [1.165, 1.54) is 45.1 Å². The third-order valence-corrected chi connectivity index (χ3v) is 5.34. The second-order valence-electron chi connectivity index (χ2n) is 6.07. The molecule has 0 amide bonds. The SMILES string of the molecule is CCOC(=O)[C@@H]1CC2(CCCC2)[NH+]2CCC[C@H]12. The Kier molecular flexibility index (Phi) is 2.89. The molecule has 1 unspecified atom stereocenters. The zero-order chi connectivity index (χ0) is 11.9. The van der Waals surface area contributed by atoms with Crippen molar-refractivity contribution in [1.29, 1.82) is 0 Å². The highest BCUT2D eigenvalue weighted by Crippen LogP contribution is 2.40. The Hall–Kier alpha value is -0.570. The molecule has 0 aromatic rings. The lowest BCUT2D eigenvalue weighted by Crippen LogP contribution is -3.19. The van der Waals surface area contributed by atoms with Gasteiger partial charge in [0.15, 0.2) is 0 Å². The second-order valence-corrected chi connectivity index (χ2v) is 6.07. The maximum atomic E-state index is 12.1. The summed E-state index contributed by atoms with van der Waals surface area (Å²) in [5, 5.41) is 0. The van der Waals surface area contributed by atoms with Crippen molar-refractivity contribution in [3.63, 3.8) is 0 Å². The molecular weight excluding hydrogens is 214 g/mol. The number of carbonyl (C=O) groups is 1. The van der Waals surface area contributed by atoms with Gasteiger partial charge in [-0.2, -0.15) is 0 Å². The van der Waals surface area contributed by atoms with Crippen molar-refractivity contribution in [2.24, 2.45) is 5.92 Å². The van der Waals surface area contributed by atoms with Crippen molar-refractivity contribution in [2.45, 2.75) is 63.5 Å². The Morgan fingerprint density at radius 2 is 2.12 bits per heavy atom. The summed E-state index contributed by atoms with van der Waals surface area (Å²) in [5.74, 6) is 0.284. The first-order chi connectivity index (χ1) is 8.27. The molecule has 1 saturated carbocycles. The van der Waals surface area contributed by atoms with E-state index in [4.69, 9.17) is 4.74 Å². The lowest BCUT2D eigenvalue weighted by molar-refractivity contribution is -0.950. The largest absolute Gasteiger partial charge is 0.466 e. The number of rotatable bonds is 2. The molecule has 0 aromatic carbocycles. The highest BCUT2D eigenvalue weighted by molar-refractivity contribution is 5.73. The average molecular weight is 238 g/mol. The molecule has 2 saturated heterocycles. The molecule has 1 aliphatic carbocycles. The highest BCUT2D eigenvalue weighted by Gasteiger charge is 2.60. The van der Waals surface area contributed by atoms with Gasteiger partial charge in [0.05, 0.1) is 18.7 Å². The van der Waals surface area contributed by atoms with Crippen LogP contribution in [0.2, 0.25) is 0 Å². The summed E-state index contributed by atoms with van der Waals surface area (Å²) in [4.78, 5) is 13.8. The van der Waals surface area contributed by atoms with E-state index in [2.05, 4.69) is 0 Å². The van der Waals surface area contributed by atoms with Gasteiger partial charge < -0.3 is 9.64 Å². The zero-order valence-electron chi connectivity index (χ0n) is 10.8. The van der Waals surface area contributed by atoms with Gasteiger partial charge in [-0.05, 0) is 19.8 Å². The molecule has 2 heterocycles. The van der Waals surface area contributed by atoms with Gasteiger partial charge in [0.25, 0.3) is 0 Å². The molecule has 96 valence electrons. The topological polar surface area (TPSA) is 30.7 Å². The summed E-state index contributed by atoms with van der Waals surface area (Å²) in [5.41, 5.74) is 0.457. The molecule has 0 aromatic heterocycles. The van der Waals surface area contributed by atoms with Crippen molar-refractivity contribution < 1.29 is 14.4 Å². The van der Waals surface area contributed by atoms with E-state index in [-0.39, 0.29) is 11.9 Å². The molecular formula is C14H24NO2+. The fourth-order valence-electron chi connectivity index (χ4n) is 4.74. The summed E-state index contributed by atoms with van der Waals surface area (Å²) in [6.45, 7) is 3.74. The minimum Gasteiger partial charge on any atom is -0.466 e. The van der Waals surface area contributed by atoms with E-state index in [1.54, 1.807) is 4.90 Å². The van der Waals surface area contributed by atoms with E-state index in [0.29, 0.717) is 18.2 Å². The van der Waals surface area contributed by atoms with Crippen molar-refractivity contribution in [1.82, 2.24) is 0 Å². The van der Waals surface area contributed by atoms with E-state index < -0.39 is 0 Å². The lowest BCUT2D eigenvalue weighted by atomic mass is 9.88. The van der Waals surface area contributed by atoms with E-state index in [9.17, 15) is 4.79 Å². The van der Waals surface area contributed by atoms with Gasteiger partial charge in [-0.1, -0.05) is 0 Å². The van der Waals surface area contributed by atoms with E-state index in [1.807, 2.05) is 6.92 Å². The molecule has 3 heteroatoms. The summed E-state index contributed by atoms with van der Waals surface area (Å²) in [7, 11) is 0. The van der Waals surface area contributed by atoms with Crippen LogP contribution in [0.3, 0.4) is 0 Å². The number of hydrogen-bond acceptors (Lipinski definition) is 2. The van der Waals surface area contributed by atoms with Gasteiger partial charge in [-0.15, -0.1) is 0 Å². The van der Waals surface area contributed by atoms with E-state index in [0.717, 1.165) is 6.42 Å². The minimum absolute atomic E-state index is 0.0840. The lowest BCUT2D eigenvalue weighted by Gasteiger charge is -2.31. The molecule has 3 nitrogen and oxygen atoms in total. The van der Waals surface area contributed by atoms with Gasteiger partial charge in [0.2, 0.25) is 0 Å². The van der Waals surface area contributed by atoms with Crippen LogP contribution in [0.5, 0.6) is 0 Å². The van der Waals surface area contributed by atoms with Gasteiger partial charge in [0, 0.05) is 32.1 Å². The fraction of sp³-hybridized carbons (Fsp3) is 0.929. The first-order valence-electron chi connectivity index (χ1n) is 7.30. The number of fused-ring (bicyclic) bond motifs is 2. The van der Waals surface area contributed by atoms with Crippen LogP contribution in [-0.2, 0) is 9.53 Å². The molecule has 1 spiro atoms. The summed E-state index contributed by atoms with van der Waals surface area (Å²) < 4.78 is 5.28. The third kappa shape index (κ3) is 1.70. The first-order valence-corrected chi connectivity index (χ1v) is 7.30. The smallest absolute Gasteiger partial charge is 0.315 e. The highest BCUT2D eigenvalue weighted by atomic mass is 16.5. The van der Waals surface area contributed by atoms with Gasteiger partial charge in [-0.3, -0.25) is 4.79 Å². The molecule has 3 fully saturated rings. The normalized spacial score (nSPS) is 38.5. The van der Waals surface area contributed by atoms with Crippen LogP contribution in [0.15, 0.2) is 0 Å². The number of nitrogens with one attached hydrogen (secondary N) is 1. The number of esters is 1. The molecule has 1 N–H and O–H groups in total. The number of ether oxygens (including phenoxy) is 1. The molecule has 0 radical (unpaired) electrons. The standard InChI is InChI=1S/C14H23NO2/c1-2-17-13(16)11-10-14(7-3-4-8-14)15-9-5-6-12(11)15/h11-12H,2-10H2,1H3/p+1/t11-,12-/m1/s1. The molecule has 3 atom stereocenters. The molecule has 17 heavy (non-hydrogen) atoms. The number of quaternary nitrogens is 1. The van der Waals surface area contributed by atoms with Crippen molar-refractivity contribution in [2.75, 3.05) is 13.2 Å². The predicted molar refractivity (Wildman–Crippen MR) is 64.8 cm³/mol. The minimum atomic E-state index is 0.0840. The van der Waals surface area contributed by atoms with Crippen LogP contribution in [-0.4, -0.2) is 30.7 Å². The van der Waals surface area contributed by atoms with Gasteiger partial charge in [-0.25, -0.2) is 0 Å². The van der Waals surface area contributed by atoms with Crippen molar-refractivity contribution >= 4 is 5.97 Å². The average Bonchev–Trinajstić information content (AvgIpc) is 3.00. The molecule has 2 aliphatic heterocycles. The molecule has 0 bridgehead atoms. The van der Waals surface area contributed by atoms with Crippen LogP contribution in [0.25, 0.3) is 0 Å². The number of carbonyl (C=O) groups excluding carboxylic acids is 1. The Bertz CT molecular complexity index is 309. The molecule has 3 aliphatic rings. The quantitative estimate of drug-likeness (QED) is 0.726. The van der Waals surface area contributed by atoms with Crippen molar-refractivity contribution in [3.05, 3.63) is 0 Å². The van der Waals surface area contributed by atoms with Crippen LogP contribution >= 0.6 is 0 Å².